The molecule has 0 bridgehead atoms. The highest BCUT2D eigenvalue weighted by Gasteiger charge is 2.19. The van der Waals surface area contributed by atoms with Crippen molar-refractivity contribution >= 4 is 38.7 Å². The van der Waals surface area contributed by atoms with Gasteiger partial charge in [0, 0.05) is 21.1 Å². The van der Waals surface area contributed by atoms with Gasteiger partial charge in [-0.1, -0.05) is 58.4 Å². The van der Waals surface area contributed by atoms with E-state index in [0.717, 1.165) is 37.8 Å². The standard InChI is InChI=1S/C26H18BrNO3/c1-16-25(22(29)11-7-17-8-12-23-24(13-17)31-15-30-23)26(18-5-3-2-4-6-18)20-14-19(27)9-10-21(20)28-16/h2-14H,15H2,1H3. The fourth-order valence-corrected chi connectivity index (χ4v) is 4.20. The maximum absolute atomic E-state index is 13.4. The first-order valence-corrected chi connectivity index (χ1v) is 10.7. The van der Waals surface area contributed by atoms with Crippen LogP contribution in [0.15, 0.2) is 77.3 Å². The monoisotopic (exact) mass is 471 g/mol. The lowest BCUT2D eigenvalue weighted by Crippen LogP contribution is -2.05. The number of hydrogen-bond acceptors (Lipinski definition) is 4. The van der Waals surface area contributed by atoms with Gasteiger partial charge in [0.25, 0.3) is 0 Å². The van der Waals surface area contributed by atoms with E-state index < -0.39 is 0 Å². The zero-order valence-electron chi connectivity index (χ0n) is 16.8. The van der Waals surface area contributed by atoms with Crippen LogP contribution in [0, 0.1) is 6.92 Å². The van der Waals surface area contributed by atoms with E-state index in [2.05, 4.69) is 15.9 Å². The first-order valence-electron chi connectivity index (χ1n) is 9.87. The second-order valence-electron chi connectivity index (χ2n) is 7.28. The number of ketones is 1. The summed E-state index contributed by atoms with van der Waals surface area (Å²) < 4.78 is 11.7. The van der Waals surface area contributed by atoms with Crippen molar-refractivity contribution in [2.75, 3.05) is 6.79 Å². The van der Waals surface area contributed by atoms with Crippen molar-refractivity contribution in [1.82, 2.24) is 4.98 Å². The van der Waals surface area contributed by atoms with Crippen LogP contribution in [-0.2, 0) is 0 Å². The number of aromatic nitrogens is 1. The SMILES string of the molecule is Cc1nc2ccc(Br)cc2c(-c2ccccc2)c1C(=O)C=Cc1ccc2c(c1)OCO2. The molecule has 0 atom stereocenters. The van der Waals surface area contributed by atoms with Gasteiger partial charge in [0.1, 0.15) is 0 Å². The first kappa shape index (κ1) is 19.5. The minimum absolute atomic E-state index is 0.0941. The van der Waals surface area contributed by atoms with Crippen molar-refractivity contribution in [3.05, 3.63) is 94.1 Å². The first-order chi connectivity index (χ1) is 15.1. The number of hydrogen-bond donors (Lipinski definition) is 0. The number of benzene rings is 3. The van der Waals surface area contributed by atoms with Crippen LogP contribution < -0.4 is 9.47 Å². The number of carbonyl (C=O) groups is 1. The van der Waals surface area contributed by atoms with Crippen LogP contribution in [0.25, 0.3) is 28.1 Å². The number of allylic oxidation sites excluding steroid dienone is 1. The lowest BCUT2D eigenvalue weighted by Gasteiger charge is -2.14. The minimum atomic E-state index is -0.0941. The van der Waals surface area contributed by atoms with E-state index in [-0.39, 0.29) is 12.6 Å². The highest BCUT2D eigenvalue weighted by atomic mass is 79.9. The van der Waals surface area contributed by atoms with E-state index in [4.69, 9.17) is 14.5 Å². The Balaban J connectivity index is 1.63. The molecule has 0 saturated heterocycles. The van der Waals surface area contributed by atoms with Crippen LogP contribution in [0.1, 0.15) is 21.6 Å². The molecule has 0 spiro atoms. The van der Waals surface area contributed by atoms with E-state index in [1.54, 1.807) is 12.2 Å². The second kappa shape index (κ2) is 8.00. The van der Waals surface area contributed by atoms with Crippen LogP contribution >= 0.6 is 15.9 Å². The van der Waals surface area contributed by atoms with Crippen molar-refractivity contribution in [3.63, 3.8) is 0 Å². The summed E-state index contributed by atoms with van der Waals surface area (Å²) in [6.45, 7) is 2.11. The van der Waals surface area contributed by atoms with E-state index in [1.165, 1.54) is 0 Å². The molecule has 0 aliphatic carbocycles. The van der Waals surface area contributed by atoms with Crippen LogP contribution in [0.3, 0.4) is 0 Å². The van der Waals surface area contributed by atoms with Gasteiger partial charge in [-0.2, -0.15) is 0 Å². The summed E-state index contributed by atoms with van der Waals surface area (Å²) in [5, 5.41) is 0.936. The van der Waals surface area contributed by atoms with Gasteiger partial charge in [-0.25, -0.2) is 0 Å². The molecule has 31 heavy (non-hydrogen) atoms. The number of aryl methyl sites for hydroxylation is 1. The minimum Gasteiger partial charge on any atom is -0.454 e. The van der Waals surface area contributed by atoms with Crippen molar-refractivity contribution < 1.29 is 14.3 Å². The third-order valence-corrected chi connectivity index (χ3v) is 5.75. The van der Waals surface area contributed by atoms with Gasteiger partial charge in [-0.05, 0) is 54.5 Å². The summed E-state index contributed by atoms with van der Waals surface area (Å²) >= 11 is 3.56. The molecular weight excluding hydrogens is 454 g/mol. The number of fused-ring (bicyclic) bond motifs is 2. The lowest BCUT2D eigenvalue weighted by molar-refractivity contribution is 0.104. The molecule has 4 nitrogen and oxygen atoms in total. The molecule has 4 aromatic rings. The zero-order valence-corrected chi connectivity index (χ0v) is 18.3. The number of rotatable bonds is 4. The van der Waals surface area contributed by atoms with E-state index >= 15 is 0 Å². The normalized spacial score (nSPS) is 12.6. The van der Waals surface area contributed by atoms with E-state index in [1.807, 2.05) is 73.7 Å². The molecule has 0 fully saturated rings. The Bertz CT molecular complexity index is 1350. The van der Waals surface area contributed by atoms with Crippen molar-refractivity contribution in [2.45, 2.75) is 6.92 Å². The maximum atomic E-state index is 13.4. The number of ether oxygens (including phenoxy) is 2. The Morgan fingerprint density at radius 2 is 1.81 bits per heavy atom. The van der Waals surface area contributed by atoms with Gasteiger partial charge < -0.3 is 9.47 Å². The van der Waals surface area contributed by atoms with Crippen LogP contribution in [0.5, 0.6) is 11.5 Å². The van der Waals surface area contributed by atoms with Gasteiger partial charge in [-0.3, -0.25) is 9.78 Å². The van der Waals surface area contributed by atoms with Crippen LogP contribution in [-0.4, -0.2) is 17.6 Å². The Morgan fingerprint density at radius 3 is 2.65 bits per heavy atom. The molecule has 0 amide bonds. The summed E-state index contributed by atoms with van der Waals surface area (Å²) in [5.74, 6) is 1.31. The number of carbonyl (C=O) groups excluding carboxylic acids is 1. The average molecular weight is 472 g/mol. The Kier molecular flexibility index (Phi) is 5.04. The van der Waals surface area contributed by atoms with E-state index in [0.29, 0.717) is 17.0 Å². The molecule has 0 saturated carbocycles. The topological polar surface area (TPSA) is 48.4 Å². The Hall–Kier alpha value is -3.44. The Labute approximate surface area is 188 Å². The molecule has 3 aromatic carbocycles. The molecule has 0 radical (unpaired) electrons. The molecule has 0 N–H and O–H groups in total. The predicted octanol–water partition coefficient (Wildman–Crippen LogP) is 6.60. The third kappa shape index (κ3) is 3.73. The van der Waals surface area contributed by atoms with Crippen molar-refractivity contribution in [2.24, 2.45) is 0 Å². The fourth-order valence-electron chi connectivity index (χ4n) is 3.84. The fraction of sp³-hybridized carbons (Fsp3) is 0.0769. The number of pyridine rings is 1. The highest BCUT2D eigenvalue weighted by Crippen LogP contribution is 2.36. The highest BCUT2D eigenvalue weighted by molar-refractivity contribution is 9.10. The molecule has 5 rings (SSSR count). The van der Waals surface area contributed by atoms with Gasteiger partial charge in [0.15, 0.2) is 17.3 Å². The smallest absolute Gasteiger partial charge is 0.231 e. The van der Waals surface area contributed by atoms with Gasteiger partial charge in [0.2, 0.25) is 6.79 Å². The van der Waals surface area contributed by atoms with Gasteiger partial charge >= 0.3 is 0 Å². The number of halogens is 1. The second-order valence-corrected chi connectivity index (χ2v) is 8.20. The summed E-state index contributed by atoms with van der Waals surface area (Å²) in [5.41, 5.74) is 4.91. The largest absolute Gasteiger partial charge is 0.454 e. The zero-order chi connectivity index (χ0) is 21.4. The molecule has 0 unspecified atom stereocenters. The summed E-state index contributed by atoms with van der Waals surface area (Å²) in [6, 6.07) is 21.5. The maximum Gasteiger partial charge on any atom is 0.231 e. The van der Waals surface area contributed by atoms with Crippen molar-refractivity contribution in [1.29, 1.82) is 0 Å². The summed E-state index contributed by atoms with van der Waals surface area (Å²) in [7, 11) is 0. The number of nitrogens with zero attached hydrogens (tertiary/aromatic N) is 1. The Morgan fingerprint density at radius 1 is 1.00 bits per heavy atom. The van der Waals surface area contributed by atoms with Crippen LogP contribution in [0.4, 0.5) is 0 Å². The molecular formula is C26H18BrNO3. The molecule has 1 aliphatic heterocycles. The molecule has 2 heterocycles. The molecule has 152 valence electrons. The van der Waals surface area contributed by atoms with E-state index in [9.17, 15) is 4.79 Å². The average Bonchev–Trinajstić information content (AvgIpc) is 3.25. The lowest BCUT2D eigenvalue weighted by atomic mass is 9.92. The van der Waals surface area contributed by atoms with Gasteiger partial charge in [0.05, 0.1) is 11.1 Å². The molecule has 5 heteroatoms. The third-order valence-electron chi connectivity index (χ3n) is 5.26. The predicted molar refractivity (Wildman–Crippen MR) is 126 cm³/mol. The molecule has 1 aromatic heterocycles. The van der Waals surface area contributed by atoms with Crippen molar-refractivity contribution in [3.8, 4) is 22.6 Å². The molecule has 1 aliphatic rings. The van der Waals surface area contributed by atoms with Gasteiger partial charge in [-0.15, -0.1) is 0 Å². The quantitative estimate of drug-likeness (QED) is 0.248. The summed E-state index contributed by atoms with van der Waals surface area (Å²) in [4.78, 5) is 18.1. The summed E-state index contributed by atoms with van der Waals surface area (Å²) in [6.07, 6.45) is 3.39. The van der Waals surface area contributed by atoms with Crippen LogP contribution in [0.2, 0.25) is 0 Å².